The Morgan fingerprint density at radius 2 is 2.00 bits per heavy atom. The van der Waals surface area contributed by atoms with Crippen molar-refractivity contribution in [3.05, 3.63) is 29.6 Å². The molecule has 112 valence electrons. The van der Waals surface area contributed by atoms with E-state index in [0.717, 1.165) is 19.5 Å². The Balaban J connectivity index is 2.04. The van der Waals surface area contributed by atoms with E-state index in [2.05, 4.69) is 10.0 Å². The molecule has 4 nitrogen and oxygen atoms in total. The second kappa shape index (κ2) is 6.11. The van der Waals surface area contributed by atoms with Crippen LogP contribution in [0.25, 0.3) is 0 Å². The van der Waals surface area contributed by atoms with Crippen molar-refractivity contribution in [1.29, 1.82) is 0 Å². The van der Waals surface area contributed by atoms with E-state index >= 15 is 0 Å². The molecule has 1 heterocycles. The number of halogens is 3. The van der Waals surface area contributed by atoms with E-state index in [-0.39, 0.29) is 6.54 Å². The number of hydrogen-bond acceptors (Lipinski definition) is 3. The minimum Gasteiger partial charge on any atom is -0.316 e. The monoisotopic (exact) mass is 308 g/mol. The largest absolute Gasteiger partial charge is 0.316 e. The fourth-order valence-corrected chi connectivity index (χ4v) is 3.27. The van der Waals surface area contributed by atoms with Crippen LogP contribution in [0.3, 0.4) is 0 Å². The van der Waals surface area contributed by atoms with Gasteiger partial charge in [-0.05, 0) is 44.0 Å². The van der Waals surface area contributed by atoms with Crippen molar-refractivity contribution in [2.45, 2.75) is 17.7 Å². The number of hydrogen-bond donors (Lipinski definition) is 2. The van der Waals surface area contributed by atoms with Gasteiger partial charge >= 0.3 is 0 Å². The summed E-state index contributed by atoms with van der Waals surface area (Å²) >= 11 is 0. The minimum atomic E-state index is -4.17. The first-order chi connectivity index (χ1) is 9.42. The third-order valence-corrected chi connectivity index (χ3v) is 4.77. The van der Waals surface area contributed by atoms with Gasteiger partial charge in [0.25, 0.3) is 0 Å². The predicted octanol–water partition coefficient (Wildman–Crippen LogP) is 1.38. The average Bonchev–Trinajstić information content (AvgIpc) is 2.88. The summed E-state index contributed by atoms with van der Waals surface area (Å²) < 4.78 is 65.1. The van der Waals surface area contributed by atoms with Gasteiger partial charge in [-0.25, -0.2) is 26.3 Å². The van der Waals surface area contributed by atoms with E-state index in [4.69, 9.17) is 0 Å². The van der Waals surface area contributed by atoms with Crippen LogP contribution in [0.2, 0.25) is 0 Å². The third-order valence-electron chi connectivity index (χ3n) is 3.30. The van der Waals surface area contributed by atoms with Gasteiger partial charge in [0.15, 0.2) is 17.5 Å². The van der Waals surface area contributed by atoms with Gasteiger partial charge in [0.1, 0.15) is 4.90 Å². The molecular formula is C12H15F3N2O2S. The number of rotatable bonds is 5. The zero-order valence-electron chi connectivity index (χ0n) is 10.6. The molecule has 1 fully saturated rings. The van der Waals surface area contributed by atoms with Gasteiger partial charge in [0.2, 0.25) is 10.0 Å². The van der Waals surface area contributed by atoms with E-state index in [1.54, 1.807) is 0 Å². The molecule has 8 heteroatoms. The van der Waals surface area contributed by atoms with E-state index in [1.165, 1.54) is 0 Å². The second-order valence-corrected chi connectivity index (χ2v) is 6.45. The molecule has 0 aromatic heterocycles. The molecule has 0 bridgehead atoms. The highest BCUT2D eigenvalue weighted by atomic mass is 32.2. The van der Waals surface area contributed by atoms with Crippen LogP contribution in [0, 0.1) is 23.4 Å². The minimum absolute atomic E-state index is 0.132. The highest BCUT2D eigenvalue weighted by Gasteiger charge is 2.24. The Bertz CT molecular complexity index is 587. The lowest BCUT2D eigenvalue weighted by molar-refractivity contribution is 0.431. The first-order valence-corrected chi connectivity index (χ1v) is 7.74. The molecule has 1 aliphatic rings. The predicted molar refractivity (Wildman–Crippen MR) is 67.1 cm³/mol. The summed E-state index contributed by atoms with van der Waals surface area (Å²) in [5.74, 6) is -4.53. The zero-order chi connectivity index (χ0) is 14.8. The van der Waals surface area contributed by atoms with Crippen molar-refractivity contribution < 1.29 is 21.6 Å². The van der Waals surface area contributed by atoms with Gasteiger partial charge < -0.3 is 5.32 Å². The highest BCUT2D eigenvalue weighted by molar-refractivity contribution is 7.89. The lowest BCUT2D eigenvalue weighted by atomic mass is 10.1. The van der Waals surface area contributed by atoms with Gasteiger partial charge in [0.05, 0.1) is 0 Å². The summed E-state index contributed by atoms with van der Waals surface area (Å²) in [4.78, 5) is -0.874. The normalized spacial score (nSPS) is 19.4. The first kappa shape index (κ1) is 15.3. The van der Waals surface area contributed by atoms with Crippen molar-refractivity contribution in [3.63, 3.8) is 0 Å². The quantitative estimate of drug-likeness (QED) is 0.808. The molecule has 1 unspecified atom stereocenters. The number of benzene rings is 1. The summed E-state index contributed by atoms with van der Waals surface area (Å²) in [6, 6.07) is 1.31. The zero-order valence-corrected chi connectivity index (χ0v) is 11.4. The van der Waals surface area contributed by atoms with E-state index in [9.17, 15) is 21.6 Å². The van der Waals surface area contributed by atoms with Crippen molar-refractivity contribution in [1.82, 2.24) is 10.0 Å². The summed E-state index contributed by atoms with van der Waals surface area (Å²) in [6.07, 6.45) is 1.57. The van der Waals surface area contributed by atoms with Gasteiger partial charge in [-0.3, -0.25) is 0 Å². The second-order valence-electron chi connectivity index (χ2n) is 4.72. The van der Waals surface area contributed by atoms with Gasteiger partial charge in [0, 0.05) is 6.54 Å². The van der Waals surface area contributed by atoms with Crippen LogP contribution < -0.4 is 10.0 Å². The van der Waals surface area contributed by atoms with Crippen LogP contribution in [-0.2, 0) is 10.0 Å². The summed E-state index contributed by atoms with van der Waals surface area (Å²) in [5.41, 5.74) is 0. The van der Waals surface area contributed by atoms with Crippen LogP contribution in [0.15, 0.2) is 17.0 Å². The Hall–Kier alpha value is -1.12. The highest BCUT2D eigenvalue weighted by Crippen LogP contribution is 2.19. The molecule has 1 aliphatic heterocycles. The topological polar surface area (TPSA) is 58.2 Å². The molecule has 2 rings (SSSR count). The Labute approximate surface area is 115 Å². The maximum absolute atomic E-state index is 13.4. The standard InChI is InChI=1S/C12H15F3N2O2S/c13-9-1-2-10(12(15)11(9)14)20(18,19)17-6-4-8-3-5-16-7-8/h1-2,8,16-17H,3-7H2. The molecule has 0 amide bonds. The Morgan fingerprint density at radius 1 is 1.25 bits per heavy atom. The average molecular weight is 308 g/mol. The van der Waals surface area contributed by atoms with Crippen molar-refractivity contribution in [2.24, 2.45) is 5.92 Å². The maximum Gasteiger partial charge on any atom is 0.243 e. The van der Waals surface area contributed by atoms with Crippen LogP contribution in [-0.4, -0.2) is 28.1 Å². The van der Waals surface area contributed by atoms with E-state index < -0.39 is 32.4 Å². The van der Waals surface area contributed by atoms with Gasteiger partial charge in [-0.15, -0.1) is 0 Å². The summed E-state index contributed by atoms with van der Waals surface area (Å²) in [6.45, 7) is 1.85. The molecule has 1 saturated heterocycles. The lowest BCUT2D eigenvalue weighted by Gasteiger charge is -2.11. The van der Waals surface area contributed by atoms with Crippen LogP contribution >= 0.6 is 0 Å². The fourth-order valence-electron chi connectivity index (χ4n) is 2.15. The van der Waals surface area contributed by atoms with E-state index in [1.807, 2.05) is 0 Å². The number of sulfonamides is 1. The van der Waals surface area contributed by atoms with Crippen molar-refractivity contribution in [2.75, 3.05) is 19.6 Å². The molecule has 1 atom stereocenters. The van der Waals surface area contributed by atoms with Gasteiger partial charge in [-0.1, -0.05) is 0 Å². The summed E-state index contributed by atoms with van der Waals surface area (Å²) in [7, 11) is -4.17. The Kier molecular flexibility index (Phi) is 4.66. The molecule has 2 N–H and O–H groups in total. The smallest absolute Gasteiger partial charge is 0.243 e. The molecule has 1 aromatic carbocycles. The molecule has 0 aliphatic carbocycles. The molecule has 0 radical (unpaired) electrons. The van der Waals surface area contributed by atoms with Crippen molar-refractivity contribution in [3.8, 4) is 0 Å². The SMILES string of the molecule is O=S(=O)(NCCC1CCNC1)c1ccc(F)c(F)c1F. The fraction of sp³-hybridized carbons (Fsp3) is 0.500. The molecular weight excluding hydrogens is 293 g/mol. The lowest BCUT2D eigenvalue weighted by Crippen LogP contribution is -2.27. The Morgan fingerprint density at radius 3 is 2.65 bits per heavy atom. The summed E-state index contributed by atoms with van der Waals surface area (Å²) in [5, 5.41) is 3.15. The number of nitrogens with one attached hydrogen (secondary N) is 2. The van der Waals surface area contributed by atoms with Gasteiger partial charge in [-0.2, -0.15) is 0 Å². The molecule has 20 heavy (non-hydrogen) atoms. The van der Waals surface area contributed by atoms with Crippen molar-refractivity contribution >= 4 is 10.0 Å². The van der Waals surface area contributed by atoms with E-state index in [0.29, 0.717) is 24.5 Å². The molecule has 0 saturated carbocycles. The maximum atomic E-state index is 13.4. The molecule has 1 aromatic rings. The van der Waals surface area contributed by atoms with Crippen LogP contribution in [0.5, 0.6) is 0 Å². The third kappa shape index (κ3) is 3.31. The van der Waals surface area contributed by atoms with Crippen LogP contribution in [0.4, 0.5) is 13.2 Å². The first-order valence-electron chi connectivity index (χ1n) is 6.25. The molecule has 0 spiro atoms. The van der Waals surface area contributed by atoms with Crippen LogP contribution in [0.1, 0.15) is 12.8 Å².